The summed E-state index contributed by atoms with van der Waals surface area (Å²) in [5, 5.41) is 8.73. The number of ether oxygens (including phenoxy) is 1. The van der Waals surface area contributed by atoms with Crippen LogP contribution in [0.15, 0.2) is 18.2 Å². The molecule has 2 aliphatic heterocycles. The van der Waals surface area contributed by atoms with Gasteiger partial charge in [-0.05, 0) is 23.3 Å². The van der Waals surface area contributed by atoms with Gasteiger partial charge in [0, 0.05) is 13.0 Å². The Morgan fingerprint density at radius 2 is 2.42 bits per heavy atom. The van der Waals surface area contributed by atoms with Crippen LogP contribution in [0.25, 0.3) is 0 Å². The number of carbonyl (C=O) groups excluding carboxylic acids is 1. The Morgan fingerprint density at radius 3 is 3.26 bits per heavy atom. The highest BCUT2D eigenvalue weighted by Crippen LogP contribution is 2.40. The summed E-state index contributed by atoms with van der Waals surface area (Å²) in [4.78, 5) is 13.7. The van der Waals surface area contributed by atoms with Crippen LogP contribution in [0.1, 0.15) is 22.9 Å². The molecule has 0 aromatic heterocycles. The van der Waals surface area contributed by atoms with Crippen LogP contribution >= 0.6 is 11.8 Å². The first-order valence-corrected chi connectivity index (χ1v) is 7.38. The monoisotopic (exact) mass is 274 g/mol. The summed E-state index contributed by atoms with van der Waals surface area (Å²) in [6, 6.07) is 8.26. The molecule has 1 atom stereocenters. The van der Waals surface area contributed by atoms with Crippen LogP contribution in [0.4, 0.5) is 0 Å². The van der Waals surface area contributed by atoms with Gasteiger partial charge in [-0.15, -0.1) is 11.8 Å². The zero-order chi connectivity index (χ0) is 13.2. The summed E-state index contributed by atoms with van der Waals surface area (Å²) in [7, 11) is 0. The Balaban J connectivity index is 1.84. The number of carbonyl (C=O) groups is 1. The van der Waals surface area contributed by atoms with E-state index >= 15 is 0 Å². The predicted octanol–water partition coefficient (Wildman–Crippen LogP) is 2.11. The number of nitriles is 1. The van der Waals surface area contributed by atoms with E-state index in [9.17, 15) is 4.79 Å². The number of fused-ring (bicyclic) bond motifs is 1. The van der Waals surface area contributed by atoms with Crippen molar-refractivity contribution in [2.24, 2.45) is 0 Å². The third kappa shape index (κ3) is 2.28. The molecule has 0 saturated carbocycles. The molecule has 0 N–H and O–H groups in total. The van der Waals surface area contributed by atoms with Crippen LogP contribution in [-0.2, 0) is 11.2 Å². The highest BCUT2D eigenvalue weighted by molar-refractivity contribution is 8.00. The van der Waals surface area contributed by atoms with Gasteiger partial charge in [0.2, 0.25) is 5.91 Å². The molecule has 2 aliphatic rings. The third-order valence-electron chi connectivity index (χ3n) is 3.43. The van der Waals surface area contributed by atoms with Gasteiger partial charge in [0.15, 0.2) is 0 Å². The molecular weight excluding hydrogens is 260 g/mol. The van der Waals surface area contributed by atoms with Crippen LogP contribution in [0.5, 0.6) is 5.75 Å². The van der Waals surface area contributed by atoms with Crippen LogP contribution < -0.4 is 4.74 Å². The minimum atomic E-state index is 0.0479. The number of hydrogen-bond donors (Lipinski definition) is 0. The van der Waals surface area contributed by atoms with E-state index in [2.05, 4.69) is 12.1 Å². The second kappa shape index (κ2) is 5.14. The van der Waals surface area contributed by atoms with Gasteiger partial charge < -0.3 is 9.64 Å². The first kappa shape index (κ1) is 12.4. The summed E-state index contributed by atoms with van der Waals surface area (Å²) in [6.07, 6.45) is 1.32. The first-order chi connectivity index (χ1) is 9.29. The van der Waals surface area contributed by atoms with Crippen molar-refractivity contribution in [3.05, 3.63) is 29.3 Å². The molecule has 0 aliphatic carbocycles. The molecule has 1 unspecified atom stereocenters. The van der Waals surface area contributed by atoms with Gasteiger partial charge in [-0.25, -0.2) is 0 Å². The number of rotatable bonds is 3. The van der Waals surface area contributed by atoms with E-state index in [4.69, 9.17) is 10.00 Å². The number of amides is 1. The summed E-state index contributed by atoms with van der Waals surface area (Å²) in [5.41, 5.74) is 2.36. The molecular formula is C14H14N2O2S. The van der Waals surface area contributed by atoms with E-state index in [1.54, 1.807) is 11.8 Å². The van der Waals surface area contributed by atoms with Crippen molar-refractivity contribution in [3.63, 3.8) is 0 Å². The van der Waals surface area contributed by atoms with E-state index in [1.807, 2.05) is 17.0 Å². The molecule has 5 heteroatoms. The van der Waals surface area contributed by atoms with E-state index in [0.29, 0.717) is 18.7 Å². The lowest BCUT2D eigenvalue weighted by molar-refractivity contribution is -0.127. The molecule has 0 spiro atoms. The normalized spacial score (nSPS) is 21.1. The maximum Gasteiger partial charge on any atom is 0.233 e. The van der Waals surface area contributed by atoms with Crippen molar-refractivity contribution >= 4 is 17.7 Å². The zero-order valence-corrected chi connectivity index (χ0v) is 11.3. The van der Waals surface area contributed by atoms with Crippen LogP contribution in [-0.4, -0.2) is 29.7 Å². The fraction of sp³-hybridized carbons (Fsp3) is 0.429. The van der Waals surface area contributed by atoms with E-state index < -0.39 is 0 Å². The highest BCUT2D eigenvalue weighted by atomic mass is 32.2. The Bertz CT molecular complexity index is 553. The molecule has 2 heterocycles. The topological polar surface area (TPSA) is 53.3 Å². The molecule has 0 bridgehead atoms. The highest BCUT2D eigenvalue weighted by Gasteiger charge is 2.32. The second-order valence-electron chi connectivity index (χ2n) is 4.62. The summed E-state index contributed by atoms with van der Waals surface area (Å²) in [6.45, 7) is 1.26. The van der Waals surface area contributed by atoms with E-state index in [-0.39, 0.29) is 11.3 Å². The number of nitrogens with zero attached hydrogens (tertiary/aromatic N) is 2. The van der Waals surface area contributed by atoms with Gasteiger partial charge in [0.05, 0.1) is 24.8 Å². The van der Waals surface area contributed by atoms with Crippen LogP contribution in [0.2, 0.25) is 0 Å². The Hall–Kier alpha value is -1.67. The van der Waals surface area contributed by atoms with Crippen molar-refractivity contribution in [1.29, 1.82) is 5.26 Å². The SMILES string of the molecule is N#CCCN1C(=O)CSC1c1ccc2c(c1)CCO2. The summed E-state index contributed by atoms with van der Waals surface area (Å²) in [5.74, 6) is 1.59. The minimum Gasteiger partial charge on any atom is -0.493 e. The number of benzene rings is 1. The van der Waals surface area contributed by atoms with Gasteiger partial charge in [-0.3, -0.25) is 4.79 Å². The largest absolute Gasteiger partial charge is 0.493 e. The van der Waals surface area contributed by atoms with Gasteiger partial charge in [0.1, 0.15) is 11.1 Å². The van der Waals surface area contributed by atoms with Crippen LogP contribution in [0.3, 0.4) is 0 Å². The second-order valence-corrected chi connectivity index (χ2v) is 5.69. The lowest BCUT2D eigenvalue weighted by Crippen LogP contribution is -2.29. The maximum atomic E-state index is 11.9. The van der Waals surface area contributed by atoms with Crippen molar-refractivity contribution < 1.29 is 9.53 Å². The Kier molecular flexibility index (Phi) is 3.34. The maximum absolute atomic E-state index is 11.9. The standard InChI is InChI=1S/C14H14N2O2S/c15-5-1-6-16-13(17)9-19-14(16)11-2-3-12-10(8-11)4-7-18-12/h2-3,8,14H,1,4,6-7,9H2. The fourth-order valence-electron chi connectivity index (χ4n) is 2.50. The number of hydrogen-bond acceptors (Lipinski definition) is 4. The predicted molar refractivity (Wildman–Crippen MR) is 72.8 cm³/mol. The van der Waals surface area contributed by atoms with E-state index in [0.717, 1.165) is 24.3 Å². The van der Waals surface area contributed by atoms with E-state index in [1.165, 1.54) is 5.56 Å². The van der Waals surface area contributed by atoms with Crippen molar-refractivity contribution in [3.8, 4) is 11.8 Å². The molecule has 1 amide bonds. The molecule has 19 heavy (non-hydrogen) atoms. The summed E-state index contributed by atoms with van der Waals surface area (Å²) < 4.78 is 5.50. The fourth-order valence-corrected chi connectivity index (χ4v) is 3.71. The van der Waals surface area contributed by atoms with Crippen LogP contribution in [0, 0.1) is 11.3 Å². The average molecular weight is 274 g/mol. The lowest BCUT2D eigenvalue weighted by Gasteiger charge is -2.23. The molecule has 4 nitrogen and oxygen atoms in total. The quantitative estimate of drug-likeness (QED) is 0.847. The minimum absolute atomic E-state index is 0.0479. The molecule has 1 aromatic rings. The van der Waals surface area contributed by atoms with Crippen molar-refractivity contribution in [1.82, 2.24) is 4.90 Å². The zero-order valence-electron chi connectivity index (χ0n) is 10.5. The first-order valence-electron chi connectivity index (χ1n) is 6.33. The molecule has 98 valence electrons. The Morgan fingerprint density at radius 1 is 1.53 bits per heavy atom. The van der Waals surface area contributed by atoms with Crippen molar-refractivity contribution in [2.75, 3.05) is 18.9 Å². The molecule has 3 rings (SSSR count). The molecule has 1 fully saturated rings. The average Bonchev–Trinajstić information content (AvgIpc) is 3.02. The Labute approximate surface area is 116 Å². The van der Waals surface area contributed by atoms with Crippen molar-refractivity contribution in [2.45, 2.75) is 18.2 Å². The molecule has 1 aromatic carbocycles. The summed E-state index contributed by atoms with van der Waals surface area (Å²) >= 11 is 1.63. The van der Waals surface area contributed by atoms with Gasteiger partial charge >= 0.3 is 0 Å². The number of thioether (sulfide) groups is 1. The molecule has 1 saturated heterocycles. The van der Waals surface area contributed by atoms with Gasteiger partial charge in [-0.1, -0.05) is 6.07 Å². The smallest absolute Gasteiger partial charge is 0.233 e. The van der Waals surface area contributed by atoms with Gasteiger partial charge in [-0.2, -0.15) is 5.26 Å². The molecule has 0 radical (unpaired) electrons. The third-order valence-corrected chi connectivity index (χ3v) is 4.69. The lowest BCUT2D eigenvalue weighted by atomic mass is 10.1. The van der Waals surface area contributed by atoms with Gasteiger partial charge in [0.25, 0.3) is 0 Å².